The zero-order chi connectivity index (χ0) is 20.5. The van der Waals surface area contributed by atoms with E-state index in [2.05, 4.69) is 0 Å². The van der Waals surface area contributed by atoms with Crippen LogP contribution in [0.5, 0.6) is 0 Å². The Balaban J connectivity index is 2.06. The van der Waals surface area contributed by atoms with Crippen molar-refractivity contribution in [1.29, 1.82) is 0 Å². The number of likely N-dealkylation sites (tertiary alicyclic amines) is 1. The third-order valence-corrected chi connectivity index (χ3v) is 5.80. The molecular weight excluding hydrogens is 414 g/mol. The summed E-state index contributed by atoms with van der Waals surface area (Å²) in [7, 11) is 0. The molecule has 0 aliphatic carbocycles. The molecule has 0 radical (unpaired) electrons. The molecular formula is C20H18Cl2F3NO2. The molecule has 0 amide bonds. The zero-order valence-corrected chi connectivity index (χ0v) is 16.2. The van der Waals surface area contributed by atoms with Gasteiger partial charge in [0.25, 0.3) is 0 Å². The minimum absolute atomic E-state index is 0.113. The topological polar surface area (TPSA) is 40.5 Å². The molecule has 0 saturated carbocycles. The Bertz CT molecular complexity index is 865. The van der Waals surface area contributed by atoms with Gasteiger partial charge in [0, 0.05) is 0 Å². The molecule has 1 aliphatic heterocycles. The van der Waals surface area contributed by atoms with Crippen LogP contribution in [-0.2, 0) is 11.0 Å². The molecule has 2 aromatic rings. The molecule has 0 bridgehead atoms. The number of aliphatic carboxylic acids is 1. The van der Waals surface area contributed by atoms with E-state index in [4.69, 9.17) is 23.2 Å². The fourth-order valence-electron chi connectivity index (χ4n) is 3.67. The average Bonchev–Trinajstić information content (AvgIpc) is 2.65. The lowest BCUT2D eigenvalue weighted by molar-refractivity contribution is -0.143. The maximum absolute atomic E-state index is 13.7. The molecule has 1 saturated heterocycles. The fraction of sp³-hybridized carbons (Fsp3) is 0.350. The van der Waals surface area contributed by atoms with E-state index in [1.54, 1.807) is 24.3 Å². The molecule has 3 rings (SSSR count). The summed E-state index contributed by atoms with van der Waals surface area (Å²) in [5.74, 6) is -1.36. The summed E-state index contributed by atoms with van der Waals surface area (Å²) >= 11 is 12.1. The highest BCUT2D eigenvalue weighted by Crippen LogP contribution is 2.41. The van der Waals surface area contributed by atoms with E-state index in [0.29, 0.717) is 36.5 Å². The molecule has 1 atom stereocenters. The second-order valence-corrected chi connectivity index (χ2v) is 7.62. The lowest BCUT2D eigenvalue weighted by Gasteiger charge is -2.38. The fourth-order valence-corrected chi connectivity index (χ4v) is 3.97. The van der Waals surface area contributed by atoms with Gasteiger partial charge in [-0.3, -0.25) is 9.69 Å². The number of carbonyl (C=O) groups is 1. The van der Waals surface area contributed by atoms with Gasteiger partial charge in [0.1, 0.15) is 0 Å². The van der Waals surface area contributed by atoms with E-state index < -0.39 is 29.7 Å². The number of alkyl halides is 3. The number of hydrogen-bond acceptors (Lipinski definition) is 2. The van der Waals surface area contributed by atoms with Crippen LogP contribution < -0.4 is 0 Å². The molecule has 28 heavy (non-hydrogen) atoms. The molecule has 2 aromatic carbocycles. The summed E-state index contributed by atoms with van der Waals surface area (Å²) < 4.78 is 41.0. The van der Waals surface area contributed by atoms with E-state index in [1.807, 2.05) is 4.90 Å². The highest BCUT2D eigenvalue weighted by atomic mass is 35.5. The minimum Gasteiger partial charge on any atom is -0.481 e. The Morgan fingerprint density at radius 3 is 2.29 bits per heavy atom. The SMILES string of the molecule is O=C(O)C1CCN(C(c2ccc(Cl)c(Cl)c2)c2ccccc2C(F)(F)F)CC1. The zero-order valence-electron chi connectivity index (χ0n) is 14.7. The van der Waals surface area contributed by atoms with E-state index in [-0.39, 0.29) is 10.6 Å². The van der Waals surface area contributed by atoms with Crippen molar-refractivity contribution < 1.29 is 23.1 Å². The molecule has 1 fully saturated rings. The summed E-state index contributed by atoms with van der Waals surface area (Å²) in [6.07, 6.45) is -3.76. The van der Waals surface area contributed by atoms with E-state index >= 15 is 0 Å². The second kappa shape index (κ2) is 8.31. The van der Waals surface area contributed by atoms with Gasteiger partial charge in [-0.05, 0) is 55.3 Å². The molecule has 150 valence electrons. The number of benzene rings is 2. The first kappa shape index (κ1) is 21.0. The number of piperidine rings is 1. The smallest absolute Gasteiger partial charge is 0.416 e. The maximum atomic E-state index is 13.7. The number of nitrogens with zero attached hydrogens (tertiary/aromatic N) is 1. The first-order valence-electron chi connectivity index (χ1n) is 8.76. The van der Waals surface area contributed by atoms with Crippen molar-refractivity contribution in [2.75, 3.05) is 13.1 Å². The van der Waals surface area contributed by atoms with Crippen LogP contribution in [0.25, 0.3) is 0 Å². The first-order chi connectivity index (χ1) is 13.2. The molecule has 0 aromatic heterocycles. The quantitative estimate of drug-likeness (QED) is 0.654. The van der Waals surface area contributed by atoms with Crippen molar-refractivity contribution in [2.45, 2.75) is 25.1 Å². The summed E-state index contributed by atoms with van der Waals surface area (Å²) in [4.78, 5) is 13.1. The van der Waals surface area contributed by atoms with Crippen molar-refractivity contribution >= 4 is 29.2 Å². The van der Waals surface area contributed by atoms with Gasteiger partial charge in [0.05, 0.1) is 27.6 Å². The lowest BCUT2D eigenvalue weighted by atomic mass is 9.89. The Kier molecular flexibility index (Phi) is 6.22. The van der Waals surface area contributed by atoms with E-state index in [9.17, 15) is 23.1 Å². The van der Waals surface area contributed by atoms with E-state index in [0.717, 1.165) is 6.07 Å². The van der Waals surface area contributed by atoms with Gasteiger partial charge < -0.3 is 5.11 Å². The normalized spacial score (nSPS) is 17.5. The predicted molar refractivity (Wildman–Crippen MR) is 102 cm³/mol. The standard InChI is InChI=1S/C20H18Cl2F3NO2/c21-16-6-5-13(11-17(16)22)18(26-9-7-12(8-10-26)19(27)28)14-3-1-2-4-15(14)20(23,24)25/h1-6,11-12,18H,7-10H2,(H,27,28). The lowest BCUT2D eigenvalue weighted by Crippen LogP contribution is -2.39. The van der Waals surface area contributed by atoms with Crippen LogP contribution in [0, 0.1) is 5.92 Å². The predicted octanol–water partition coefficient (Wildman–Crippen LogP) is 5.90. The van der Waals surface area contributed by atoms with Gasteiger partial charge in [0.2, 0.25) is 0 Å². The highest BCUT2D eigenvalue weighted by molar-refractivity contribution is 6.42. The largest absolute Gasteiger partial charge is 0.481 e. The van der Waals surface area contributed by atoms with Gasteiger partial charge in [-0.1, -0.05) is 47.5 Å². The van der Waals surface area contributed by atoms with Crippen molar-refractivity contribution in [2.24, 2.45) is 5.92 Å². The number of carboxylic acids is 1. The van der Waals surface area contributed by atoms with E-state index in [1.165, 1.54) is 12.1 Å². The van der Waals surface area contributed by atoms with Gasteiger partial charge in [-0.15, -0.1) is 0 Å². The number of rotatable bonds is 4. The summed E-state index contributed by atoms with van der Waals surface area (Å²) in [5.41, 5.74) is -0.0199. The number of halogens is 5. The van der Waals surface area contributed by atoms with Gasteiger partial charge >= 0.3 is 12.1 Å². The molecule has 1 unspecified atom stereocenters. The maximum Gasteiger partial charge on any atom is 0.416 e. The van der Waals surface area contributed by atoms with Crippen molar-refractivity contribution in [3.8, 4) is 0 Å². The first-order valence-corrected chi connectivity index (χ1v) is 9.52. The molecule has 1 N–H and O–H groups in total. The summed E-state index contributed by atoms with van der Waals surface area (Å²) in [6, 6.07) is 9.53. The van der Waals surface area contributed by atoms with Crippen LogP contribution in [0.4, 0.5) is 13.2 Å². The third kappa shape index (κ3) is 4.45. The monoisotopic (exact) mass is 431 g/mol. The molecule has 3 nitrogen and oxygen atoms in total. The van der Waals surface area contributed by atoms with Gasteiger partial charge in [0.15, 0.2) is 0 Å². The molecule has 1 aliphatic rings. The Morgan fingerprint density at radius 2 is 1.71 bits per heavy atom. The third-order valence-electron chi connectivity index (χ3n) is 5.06. The number of hydrogen-bond donors (Lipinski definition) is 1. The van der Waals surface area contributed by atoms with Gasteiger partial charge in [-0.25, -0.2) is 0 Å². The second-order valence-electron chi connectivity index (χ2n) is 6.81. The van der Waals surface area contributed by atoms with Crippen LogP contribution in [0.15, 0.2) is 42.5 Å². The Labute approximate surface area is 170 Å². The molecule has 0 spiro atoms. The average molecular weight is 432 g/mol. The molecule has 1 heterocycles. The number of carboxylic acid groups (broad SMARTS) is 1. The Morgan fingerprint density at radius 1 is 1.07 bits per heavy atom. The van der Waals surface area contributed by atoms with Crippen molar-refractivity contribution in [1.82, 2.24) is 4.90 Å². The van der Waals surface area contributed by atoms with Crippen molar-refractivity contribution in [3.63, 3.8) is 0 Å². The van der Waals surface area contributed by atoms with Crippen LogP contribution in [-0.4, -0.2) is 29.1 Å². The highest BCUT2D eigenvalue weighted by Gasteiger charge is 2.38. The van der Waals surface area contributed by atoms with Crippen LogP contribution >= 0.6 is 23.2 Å². The van der Waals surface area contributed by atoms with Gasteiger partial charge in [-0.2, -0.15) is 13.2 Å². The van der Waals surface area contributed by atoms with Crippen LogP contribution in [0.3, 0.4) is 0 Å². The molecule has 8 heteroatoms. The van der Waals surface area contributed by atoms with Crippen LogP contribution in [0.2, 0.25) is 10.0 Å². The van der Waals surface area contributed by atoms with Crippen molar-refractivity contribution in [3.05, 3.63) is 69.2 Å². The van der Waals surface area contributed by atoms with Crippen LogP contribution in [0.1, 0.15) is 35.6 Å². The summed E-state index contributed by atoms with van der Waals surface area (Å²) in [6.45, 7) is 0.738. The Hall–Kier alpha value is -1.76. The minimum atomic E-state index is -4.51. The summed E-state index contributed by atoms with van der Waals surface area (Å²) in [5, 5.41) is 9.79.